The fourth-order valence-corrected chi connectivity index (χ4v) is 3.29. The van der Waals surface area contributed by atoms with Gasteiger partial charge in [0, 0.05) is 21.2 Å². The van der Waals surface area contributed by atoms with Gasteiger partial charge in [-0.15, -0.1) is 0 Å². The second kappa shape index (κ2) is 7.86. The molecular formula is C22H18BrN3O2. The van der Waals surface area contributed by atoms with Crippen molar-refractivity contribution >= 4 is 33.2 Å². The number of para-hydroxylation sites is 1. The van der Waals surface area contributed by atoms with Crippen LogP contribution in [0.4, 0.5) is 5.69 Å². The number of nitrogens with one attached hydrogen (secondary N) is 1. The summed E-state index contributed by atoms with van der Waals surface area (Å²) in [5, 5.41) is 4.67. The Labute approximate surface area is 171 Å². The number of benzene rings is 3. The van der Waals surface area contributed by atoms with Gasteiger partial charge in [-0.3, -0.25) is 5.43 Å². The minimum Gasteiger partial charge on any atom is -0.493 e. The van der Waals surface area contributed by atoms with Gasteiger partial charge >= 0.3 is 0 Å². The first-order chi connectivity index (χ1) is 13.7. The molecule has 140 valence electrons. The molecule has 0 unspecified atom stereocenters. The van der Waals surface area contributed by atoms with Crippen LogP contribution in [0.1, 0.15) is 16.7 Å². The van der Waals surface area contributed by atoms with Crippen LogP contribution in [0, 0.1) is 0 Å². The van der Waals surface area contributed by atoms with Gasteiger partial charge < -0.3 is 9.47 Å². The number of hydrogen-bond acceptors (Lipinski definition) is 5. The van der Waals surface area contributed by atoms with Crippen LogP contribution in [0.3, 0.4) is 0 Å². The van der Waals surface area contributed by atoms with E-state index in [4.69, 9.17) is 14.5 Å². The molecule has 0 saturated carbocycles. The third-order valence-corrected chi connectivity index (χ3v) is 4.97. The first-order valence-corrected chi connectivity index (χ1v) is 9.49. The predicted molar refractivity (Wildman–Crippen MR) is 115 cm³/mol. The number of aliphatic imine (C=N–C) groups is 1. The fraction of sp³-hybridized carbons (Fsp3) is 0.0909. The summed E-state index contributed by atoms with van der Waals surface area (Å²) in [6.45, 7) is 0. The Kier molecular flexibility index (Phi) is 5.12. The molecule has 4 rings (SSSR count). The molecule has 0 bridgehead atoms. The summed E-state index contributed by atoms with van der Waals surface area (Å²) in [6, 6.07) is 21.7. The maximum absolute atomic E-state index is 5.46. The summed E-state index contributed by atoms with van der Waals surface area (Å²) in [5.41, 5.74) is 7.56. The number of rotatable bonds is 4. The van der Waals surface area contributed by atoms with E-state index in [0.29, 0.717) is 17.3 Å². The SMILES string of the molecule is COc1ccc(C2=NNC(c3ccc(Br)cc3)=Nc3ccccc32)cc1OC. The molecule has 1 aliphatic rings. The molecule has 0 saturated heterocycles. The Bertz CT molecular complexity index is 1080. The topological polar surface area (TPSA) is 55.2 Å². The zero-order valence-corrected chi connectivity index (χ0v) is 17.0. The van der Waals surface area contributed by atoms with Crippen molar-refractivity contribution in [1.29, 1.82) is 0 Å². The minimum atomic E-state index is 0.651. The number of hydrogen-bond donors (Lipinski definition) is 1. The van der Waals surface area contributed by atoms with Crippen LogP contribution in [-0.4, -0.2) is 25.8 Å². The van der Waals surface area contributed by atoms with Crippen LogP contribution in [0.25, 0.3) is 0 Å². The highest BCUT2D eigenvalue weighted by molar-refractivity contribution is 9.10. The Balaban J connectivity index is 1.82. The fourth-order valence-electron chi connectivity index (χ4n) is 3.03. The first kappa shape index (κ1) is 18.3. The second-order valence-electron chi connectivity index (χ2n) is 6.13. The largest absolute Gasteiger partial charge is 0.493 e. The van der Waals surface area contributed by atoms with E-state index in [1.165, 1.54) is 0 Å². The van der Waals surface area contributed by atoms with Crippen LogP contribution in [0.5, 0.6) is 11.5 Å². The molecule has 3 aromatic carbocycles. The van der Waals surface area contributed by atoms with E-state index >= 15 is 0 Å². The monoisotopic (exact) mass is 435 g/mol. The molecule has 1 aliphatic heterocycles. The van der Waals surface area contributed by atoms with Gasteiger partial charge in [0.05, 0.1) is 19.9 Å². The summed E-state index contributed by atoms with van der Waals surface area (Å²) in [7, 11) is 3.24. The van der Waals surface area contributed by atoms with E-state index in [2.05, 4.69) is 26.5 Å². The lowest BCUT2D eigenvalue weighted by atomic mass is 10.0. The average molecular weight is 436 g/mol. The molecule has 0 aliphatic carbocycles. The Morgan fingerprint density at radius 2 is 1.54 bits per heavy atom. The van der Waals surface area contributed by atoms with E-state index in [0.717, 1.165) is 32.6 Å². The third kappa shape index (κ3) is 3.51. The minimum absolute atomic E-state index is 0.651. The van der Waals surface area contributed by atoms with E-state index < -0.39 is 0 Å². The van der Waals surface area contributed by atoms with Crippen LogP contribution in [0.2, 0.25) is 0 Å². The lowest BCUT2D eigenvalue weighted by molar-refractivity contribution is 0.355. The number of halogens is 1. The average Bonchev–Trinajstić information content (AvgIpc) is 2.93. The molecule has 6 heteroatoms. The first-order valence-electron chi connectivity index (χ1n) is 8.69. The van der Waals surface area contributed by atoms with Gasteiger partial charge in [0.1, 0.15) is 5.71 Å². The lowest BCUT2D eigenvalue weighted by Gasteiger charge is -2.11. The van der Waals surface area contributed by atoms with Crippen molar-refractivity contribution in [2.75, 3.05) is 14.2 Å². The van der Waals surface area contributed by atoms with Crippen molar-refractivity contribution in [3.05, 3.63) is 87.9 Å². The molecule has 0 spiro atoms. The second-order valence-corrected chi connectivity index (χ2v) is 7.04. The van der Waals surface area contributed by atoms with Crippen LogP contribution in [0.15, 0.2) is 81.3 Å². The Morgan fingerprint density at radius 3 is 2.29 bits per heavy atom. The summed E-state index contributed by atoms with van der Waals surface area (Å²) >= 11 is 3.47. The standard InChI is InChI=1S/C22H18BrN3O2/c1-27-19-12-9-15(13-20(19)28-2)21-17-5-3-4-6-18(17)24-22(26-25-21)14-7-10-16(23)11-8-14/h3-13H,1-2H3,(H,24,26). The molecule has 0 aromatic heterocycles. The van der Waals surface area contributed by atoms with Gasteiger partial charge in [-0.1, -0.05) is 46.3 Å². The van der Waals surface area contributed by atoms with E-state index in [-0.39, 0.29) is 0 Å². The molecule has 1 N–H and O–H groups in total. The van der Waals surface area contributed by atoms with Crippen LogP contribution in [-0.2, 0) is 0 Å². The zero-order valence-electron chi connectivity index (χ0n) is 15.4. The quantitative estimate of drug-likeness (QED) is 0.633. The van der Waals surface area contributed by atoms with E-state index in [1.54, 1.807) is 14.2 Å². The zero-order chi connectivity index (χ0) is 19.5. The number of fused-ring (bicyclic) bond motifs is 1. The van der Waals surface area contributed by atoms with Crippen molar-refractivity contribution in [3.8, 4) is 11.5 Å². The molecule has 3 aromatic rings. The van der Waals surface area contributed by atoms with Crippen molar-refractivity contribution in [3.63, 3.8) is 0 Å². The van der Waals surface area contributed by atoms with Gasteiger partial charge in [0.25, 0.3) is 0 Å². The molecule has 5 nitrogen and oxygen atoms in total. The number of hydrazone groups is 1. The van der Waals surface area contributed by atoms with E-state index in [9.17, 15) is 0 Å². The molecule has 1 heterocycles. The van der Waals surface area contributed by atoms with Gasteiger partial charge in [-0.25, -0.2) is 4.99 Å². The van der Waals surface area contributed by atoms with Gasteiger partial charge in [0.2, 0.25) is 0 Å². The van der Waals surface area contributed by atoms with E-state index in [1.807, 2.05) is 66.7 Å². The predicted octanol–water partition coefficient (Wildman–Crippen LogP) is 4.90. The summed E-state index contributed by atoms with van der Waals surface area (Å²) < 4.78 is 11.8. The Morgan fingerprint density at radius 1 is 0.821 bits per heavy atom. The lowest BCUT2D eigenvalue weighted by Crippen LogP contribution is -2.19. The molecule has 0 radical (unpaired) electrons. The maximum atomic E-state index is 5.46. The molecule has 28 heavy (non-hydrogen) atoms. The highest BCUT2D eigenvalue weighted by Gasteiger charge is 2.18. The van der Waals surface area contributed by atoms with Crippen molar-refractivity contribution in [2.45, 2.75) is 0 Å². The van der Waals surface area contributed by atoms with Crippen molar-refractivity contribution < 1.29 is 9.47 Å². The molecule has 0 fully saturated rings. The maximum Gasteiger partial charge on any atom is 0.161 e. The van der Waals surface area contributed by atoms with Gasteiger partial charge in [-0.2, -0.15) is 5.10 Å². The molecule has 0 atom stereocenters. The number of methoxy groups -OCH3 is 2. The number of amidine groups is 1. The molecular weight excluding hydrogens is 418 g/mol. The van der Waals surface area contributed by atoms with Gasteiger partial charge in [0.15, 0.2) is 17.3 Å². The number of ether oxygens (including phenoxy) is 2. The summed E-state index contributed by atoms with van der Waals surface area (Å²) in [6.07, 6.45) is 0. The smallest absolute Gasteiger partial charge is 0.161 e. The van der Waals surface area contributed by atoms with Gasteiger partial charge in [-0.05, 0) is 36.4 Å². The van der Waals surface area contributed by atoms with Crippen LogP contribution < -0.4 is 14.9 Å². The molecule has 0 amide bonds. The third-order valence-electron chi connectivity index (χ3n) is 4.44. The highest BCUT2D eigenvalue weighted by atomic mass is 79.9. The van der Waals surface area contributed by atoms with Crippen molar-refractivity contribution in [1.82, 2.24) is 5.43 Å². The van der Waals surface area contributed by atoms with Crippen LogP contribution >= 0.6 is 15.9 Å². The van der Waals surface area contributed by atoms with Crippen molar-refractivity contribution in [2.24, 2.45) is 10.1 Å². The number of nitrogens with zero attached hydrogens (tertiary/aromatic N) is 2. The summed E-state index contributed by atoms with van der Waals surface area (Å²) in [5.74, 6) is 2.02. The summed E-state index contributed by atoms with van der Waals surface area (Å²) in [4.78, 5) is 4.81. The normalized spacial score (nSPS) is 12.8. The Hall–Kier alpha value is -3.12. The highest BCUT2D eigenvalue weighted by Crippen LogP contribution is 2.31.